The van der Waals surface area contributed by atoms with Crippen molar-refractivity contribution in [1.82, 2.24) is 15.2 Å². The van der Waals surface area contributed by atoms with E-state index < -0.39 is 0 Å². The predicted octanol–water partition coefficient (Wildman–Crippen LogP) is 3.12. The molecular formula is C11H15N3S. The Morgan fingerprint density at radius 3 is 2.80 bits per heavy atom. The van der Waals surface area contributed by atoms with E-state index in [0.29, 0.717) is 0 Å². The number of nitrogens with zero attached hydrogens (tertiary/aromatic N) is 2. The van der Waals surface area contributed by atoms with Crippen molar-refractivity contribution in [3.63, 3.8) is 0 Å². The van der Waals surface area contributed by atoms with Gasteiger partial charge in [0.1, 0.15) is 5.82 Å². The summed E-state index contributed by atoms with van der Waals surface area (Å²) in [6, 6.07) is 4.05. The molecule has 0 bridgehead atoms. The van der Waals surface area contributed by atoms with Gasteiger partial charge in [-0.1, -0.05) is 26.8 Å². The van der Waals surface area contributed by atoms with Gasteiger partial charge in [0.25, 0.3) is 0 Å². The van der Waals surface area contributed by atoms with Crippen molar-refractivity contribution in [2.75, 3.05) is 0 Å². The normalized spacial score (nSPS) is 11.9. The molecule has 0 radical (unpaired) electrons. The van der Waals surface area contributed by atoms with Gasteiger partial charge in [-0.25, -0.2) is 4.98 Å². The van der Waals surface area contributed by atoms with Crippen LogP contribution in [0.15, 0.2) is 17.5 Å². The predicted molar refractivity (Wildman–Crippen MR) is 62.9 cm³/mol. The van der Waals surface area contributed by atoms with Crippen molar-refractivity contribution >= 4 is 11.3 Å². The summed E-state index contributed by atoms with van der Waals surface area (Å²) in [5, 5.41) is 9.25. The first kappa shape index (κ1) is 10.4. The Hall–Kier alpha value is -1.16. The average Bonchev–Trinajstić information content (AvgIpc) is 2.68. The molecule has 80 valence electrons. The molecule has 1 N–H and O–H groups in total. The van der Waals surface area contributed by atoms with Gasteiger partial charge < -0.3 is 0 Å². The van der Waals surface area contributed by atoms with E-state index in [-0.39, 0.29) is 5.41 Å². The van der Waals surface area contributed by atoms with E-state index in [1.807, 2.05) is 17.5 Å². The van der Waals surface area contributed by atoms with E-state index in [2.05, 4.69) is 36.0 Å². The number of rotatable bonds is 2. The topological polar surface area (TPSA) is 41.6 Å². The molecule has 2 aromatic heterocycles. The van der Waals surface area contributed by atoms with E-state index in [4.69, 9.17) is 0 Å². The Morgan fingerprint density at radius 1 is 1.40 bits per heavy atom. The van der Waals surface area contributed by atoms with Crippen LogP contribution in [0.1, 0.15) is 26.6 Å². The smallest absolute Gasteiger partial charge is 0.191 e. The summed E-state index contributed by atoms with van der Waals surface area (Å²) in [6.45, 7) is 6.58. The highest BCUT2D eigenvalue weighted by Crippen LogP contribution is 2.23. The standard InChI is InChI=1S/C11H15N3S/c1-11(2,3)7-9-12-10(14-13-9)8-5-4-6-15-8/h4-6H,7H2,1-3H3,(H,12,13,14). The van der Waals surface area contributed by atoms with Crippen LogP contribution in [0, 0.1) is 5.41 Å². The summed E-state index contributed by atoms with van der Waals surface area (Å²) in [7, 11) is 0. The Balaban J connectivity index is 2.18. The highest BCUT2D eigenvalue weighted by Gasteiger charge is 2.15. The van der Waals surface area contributed by atoms with E-state index >= 15 is 0 Å². The number of aromatic nitrogens is 3. The van der Waals surface area contributed by atoms with E-state index in [0.717, 1.165) is 22.9 Å². The lowest BCUT2D eigenvalue weighted by molar-refractivity contribution is 0.401. The minimum Gasteiger partial charge on any atom is -0.263 e. The number of nitrogens with one attached hydrogen (secondary N) is 1. The molecule has 0 aliphatic heterocycles. The Morgan fingerprint density at radius 2 is 2.20 bits per heavy atom. The lowest BCUT2D eigenvalue weighted by Gasteiger charge is -2.14. The summed E-state index contributed by atoms with van der Waals surface area (Å²) >= 11 is 1.66. The molecule has 0 aliphatic rings. The third-order valence-electron chi connectivity index (χ3n) is 1.97. The van der Waals surface area contributed by atoms with Crippen LogP contribution in [-0.2, 0) is 6.42 Å². The van der Waals surface area contributed by atoms with Gasteiger partial charge in [-0.05, 0) is 16.9 Å². The van der Waals surface area contributed by atoms with Crippen LogP contribution in [0.4, 0.5) is 0 Å². The van der Waals surface area contributed by atoms with Crippen LogP contribution in [0.2, 0.25) is 0 Å². The number of aromatic amines is 1. The minimum absolute atomic E-state index is 0.242. The molecule has 0 atom stereocenters. The molecular weight excluding hydrogens is 206 g/mol. The van der Waals surface area contributed by atoms with Crippen molar-refractivity contribution < 1.29 is 0 Å². The van der Waals surface area contributed by atoms with Crippen LogP contribution >= 0.6 is 11.3 Å². The van der Waals surface area contributed by atoms with E-state index in [1.54, 1.807) is 11.3 Å². The highest BCUT2D eigenvalue weighted by molar-refractivity contribution is 7.13. The van der Waals surface area contributed by atoms with E-state index in [1.165, 1.54) is 0 Å². The molecule has 0 amide bonds. The second kappa shape index (κ2) is 3.77. The quantitative estimate of drug-likeness (QED) is 0.846. The minimum atomic E-state index is 0.242. The molecule has 0 saturated carbocycles. The van der Waals surface area contributed by atoms with Gasteiger partial charge in [0.05, 0.1) is 4.88 Å². The SMILES string of the molecule is CC(C)(C)Cc1nc(-c2cccs2)n[nH]1. The second-order valence-electron chi connectivity index (χ2n) is 4.82. The fourth-order valence-electron chi connectivity index (χ4n) is 1.39. The number of hydrogen-bond acceptors (Lipinski definition) is 3. The zero-order valence-corrected chi connectivity index (χ0v) is 10.1. The zero-order valence-electron chi connectivity index (χ0n) is 9.24. The van der Waals surface area contributed by atoms with Gasteiger partial charge in [-0.15, -0.1) is 11.3 Å². The second-order valence-corrected chi connectivity index (χ2v) is 5.77. The van der Waals surface area contributed by atoms with Crippen LogP contribution in [-0.4, -0.2) is 15.2 Å². The lowest BCUT2D eigenvalue weighted by Crippen LogP contribution is -2.10. The van der Waals surface area contributed by atoms with Gasteiger partial charge >= 0.3 is 0 Å². The van der Waals surface area contributed by atoms with Gasteiger partial charge in [-0.3, -0.25) is 5.10 Å². The molecule has 0 saturated heterocycles. The molecule has 3 nitrogen and oxygen atoms in total. The summed E-state index contributed by atoms with van der Waals surface area (Å²) in [4.78, 5) is 5.60. The monoisotopic (exact) mass is 221 g/mol. The van der Waals surface area contributed by atoms with Crippen molar-refractivity contribution in [3.05, 3.63) is 23.3 Å². The fraction of sp³-hybridized carbons (Fsp3) is 0.455. The molecule has 4 heteroatoms. The first-order valence-corrected chi connectivity index (χ1v) is 5.88. The largest absolute Gasteiger partial charge is 0.263 e. The maximum atomic E-state index is 4.48. The van der Waals surface area contributed by atoms with Gasteiger partial charge in [0.15, 0.2) is 5.82 Å². The molecule has 0 fully saturated rings. The van der Waals surface area contributed by atoms with Crippen molar-refractivity contribution in [2.45, 2.75) is 27.2 Å². The Kier molecular flexibility index (Phi) is 2.61. The maximum Gasteiger partial charge on any atom is 0.191 e. The summed E-state index contributed by atoms with van der Waals surface area (Å²) in [5.74, 6) is 1.77. The summed E-state index contributed by atoms with van der Waals surface area (Å²) in [6.07, 6.45) is 0.922. The highest BCUT2D eigenvalue weighted by atomic mass is 32.1. The van der Waals surface area contributed by atoms with Crippen molar-refractivity contribution in [2.24, 2.45) is 5.41 Å². The van der Waals surface area contributed by atoms with Crippen molar-refractivity contribution in [1.29, 1.82) is 0 Å². The number of thiophene rings is 1. The first-order chi connectivity index (χ1) is 7.04. The van der Waals surface area contributed by atoms with Gasteiger partial charge in [0.2, 0.25) is 0 Å². The molecule has 2 rings (SSSR count). The summed E-state index contributed by atoms with van der Waals surface area (Å²) < 4.78 is 0. The number of H-pyrrole nitrogens is 1. The van der Waals surface area contributed by atoms with Gasteiger partial charge in [-0.2, -0.15) is 5.10 Å². The van der Waals surface area contributed by atoms with E-state index in [9.17, 15) is 0 Å². The van der Waals surface area contributed by atoms with Crippen molar-refractivity contribution in [3.8, 4) is 10.7 Å². The van der Waals surface area contributed by atoms with Crippen LogP contribution in [0.3, 0.4) is 0 Å². The Bertz CT molecular complexity index is 423. The molecule has 2 heterocycles. The third kappa shape index (κ3) is 2.65. The maximum absolute atomic E-state index is 4.48. The zero-order chi connectivity index (χ0) is 10.9. The summed E-state index contributed by atoms with van der Waals surface area (Å²) in [5.41, 5.74) is 0.242. The first-order valence-electron chi connectivity index (χ1n) is 5.00. The van der Waals surface area contributed by atoms with Crippen LogP contribution in [0.5, 0.6) is 0 Å². The molecule has 0 unspecified atom stereocenters. The van der Waals surface area contributed by atoms with Crippen LogP contribution in [0.25, 0.3) is 10.7 Å². The molecule has 0 aliphatic carbocycles. The Labute approximate surface area is 93.6 Å². The lowest BCUT2D eigenvalue weighted by atomic mass is 9.92. The molecule has 2 aromatic rings. The third-order valence-corrected chi connectivity index (χ3v) is 2.84. The number of hydrogen-bond donors (Lipinski definition) is 1. The van der Waals surface area contributed by atoms with Gasteiger partial charge in [0, 0.05) is 6.42 Å². The average molecular weight is 221 g/mol. The molecule has 0 aromatic carbocycles. The molecule has 15 heavy (non-hydrogen) atoms. The van der Waals surface area contributed by atoms with Crippen LogP contribution < -0.4 is 0 Å². The fourth-order valence-corrected chi connectivity index (χ4v) is 2.05. The molecule has 0 spiro atoms.